The first kappa shape index (κ1) is 15.1. The molecule has 0 saturated carbocycles. The quantitative estimate of drug-likeness (QED) is 0.797. The Balaban J connectivity index is 1.89. The van der Waals surface area contributed by atoms with Gasteiger partial charge >= 0.3 is 0 Å². The van der Waals surface area contributed by atoms with Gasteiger partial charge in [-0.25, -0.2) is 4.39 Å². The number of halogens is 1. The van der Waals surface area contributed by atoms with Crippen molar-refractivity contribution in [2.45, 2.75) is 6.54 Å². The number of para-hydroxylation sites is 2. The molecule has 21 heavy (non-hydrogen) atoms. The highest BCUT2D eigenvalue weighted by molar-refractivity contribution is 5.39. The number of hydrogen-bond donors (Lipinski definition) is 1. The van der Waals surface area contributed by atoms with Crippen molar-refractivity contribution in [3.63, 3.8) is 0 Å². The molecule has 0 radical (unpaired) electrons. The van der Waals surface area contributed by atoms with E-state index in [1.165, 1.54) is 6.07 Å². The summed E-state index contributed by atoms with van der Waals surface area (Å²) in [6.45, 7) is 0.699. The minimum atomic E-state index is -0.361. The number of rotatable bonds is 7. The van der Waals surface area contributed by atoms with Gasteiger partial charge in [0.25, 0.3) is 0 Å². The number of benzene rings is 2. The van der Waals surface area contributed by atoms with E-state index in [2.05, 4.69) is 0 Å². The van der Waals surface area contributed by atoms with E-state index in [-0.39, 0.29) is 19.0 Å². The summed E-state index contributed by atoms with van der Waals surface area (Å²) in [7, 11) is 1.58. The van der Waals surface area contributed by atoms with Gasteiger partial charge in [-0.3, -0.25) is 0 Å². The number of methoxy groups -OCH3 is 1. The van der Waals surface area contributed by atoms with Gasteiger partial charge in [0, 0.05) is 12.1 Å². The van der Waals surface area contributed by atoms with Crippen LogP contribution in [0.25, 0.3) is 0 Å². The largest absolute Gasteiger partial charge is 0.493 e. The molecule has 5 heteroatoms. The molecule has 112 valence electrons. The molecule has 0 aromatic heterocycles. The van der Waals surface area contributed by atoms with Crippen LogP contribution in [0, 0.1) is 5.82 Å². The first-order valence-electron chi connectivity index (χ1n) is 6.62. The predicted octanol–water partition coefficient (Wildman–Crippen LogP) is 2.75. The average Bonchev–Trinajstić information content (AvgIpc) is 2.52. The molecule has 0 fully saturated rings. The molecule has 0 aliphatic heterocycles. The monoisotopic (exact) mass is 291 g/mol. The fraction of sp³-hybridized carbons (Fsp3) is 0.250. The van der Waals surface area contributed by atoms with Crippen LogP contribution in [-0.2, 0) is 6.54 Å². The van der Waals surface area contributed by atoms with Crippen molar-refractivity contribution in [2.24, 2.45) is 5.73 Å². The smallest absolute Gasteiger partial charge is 0.161 e. The number of ether oxygens (including phenoxy) is 3. The summed E-state index contributed by atoms with van der Waals surface area (Å²) in [6.07, 6.45) is 0. The summed E-state index contributed by atoms with van der Waals surface area (Å²) in [4.78, 5) is 0. The second kappa shape index (κ2) is 7.50. The van der Waals surface area contributed by atoms with Crippen molar-refractivity contribution in [3.05, 3.63) is 53.8 Å². The van der Waals surface area contributed by atoms with E-state index < -0.39 is 0 Å². The highest BCUT2D eigenvalue weighted by Crippen LogP contribution is 2.26. The highest BCUT2D eigenvalue weighted by Gasteiger charge is 2.08. The molecule has 0 saturated heterocycles. The Bertz CT molecular complexity index is 589. The van der Waals surface area contributed by atoms with Gasteiger partial charge in [-0.05, 0) is 24.3 Å². The fourth-order valence-corrected chi connectivity index (χ4v) is 1.91. The van der Waals surface area contributed by atoms with E-state index in [0.29, 0.717) is 29.4 Å². The van der Waals surface area contributed by atoms with Gasteiger partial charge in [-0.1, -0.05) is 18.2 Å². The lowest BCUT2D eigenvalue weighted by Gasteiger charge is -2.13. The fourth-order valence-electron chi connectivity index (χ4n) is 1.91. The molecule has 0 aliphatic rings. The molecule has 0 amide bonds. The molecular weight excluding hydrogens is 273 g/mol. The molecule has 0 bridgehead atoms. The highest BCUT2D eigenvalue weighted by atomic mass is 19.1. The van der Waals surface area contributed by atoms with Crippen molar-refractivity contribution >= 4 is 0 Å². The Labute approximate surface area is 123 Å². The zero-order valence-corrected chi connectivity index (χ0v) is 11.8. The van der Waals surface area contributed by atoms with Gasteiger partial charge in [0.15, 0.2) is 11.5 Å². The Hall–Kier alpha value is -2.27. The van der Waals surface area contributed by atoms with E-state index in [0.717, 1.165) is 0 Å². The first-order chi connectivity index (χ1) is 10.3. The van der Waals surface area contributed by atoms with E-state index >= 15 is 0 Å². The van der Waals surface area contributed by atoms with Crippen molar-refractivity contribution < 1.29 is 18.6 Å². The maximum absolute atomic E-state index is 13.5. The van der Waals surface area contributed by atoms with Crippen LogP contribution in [0.2, 0.25) is 0 Å². The van der Waals surface area contributed by atoms with E-state index in [1.807, 2.05) is 24.3 Å². The van der Waals surface area contributed by atoms with Gasteiger partial charge in [0.1, 0.15) is 24.8 Å². The minimum Gasteiger partial charge on any atom is -0.493 e. The van der Waals surface area contributed by atoms with E-state index in [1.54, 1.807) is 19.2 Å². The molecule has 2 aromatic carbocycles. The van der Waals surface area contributed by atoms with Crippen LogP contribution in [0.15, 0.2) is 42.5 Å². The van der Waals surface area contributed by atoms with Gasteiger partial charge < -0.3 is 19.9 Å². The second-order valence-electron chi connectivity index (χ2n) is 4.27. The third-order valence-corrected chi connectivity index (χ3v) is 2.95. The maximum Gasteiger partial charge on any atom is 0.161 e. The van der Waals surface area contributed by atoms with Crippen molar-refractivity contribution in [1.29, 1.82) is 0 Å². The van der Waals surface area contributed by atoms with Crippen LogP contribution in [0.4, 0.5) is 4.39 Å². The van der Waals surface area contributed by atoms with Crippen LogP contribution in [0.5, 0.6) is 17.2 Å². The molecule has 0 spiro atoms. The Morgan fingerprint density at radius 2 is 1.52 bits per heavy atom. The third-order valence-electron chi connectivity index (χ3n) is 2.95. The Morgan fingerprint density at radius 1 is 0.905 bits per heavy atom. The van der Waals surface area contributed by atoms with Crippen molar-refractivity contribution in [2.75, 3.05) is 20.3 Å². The lowest BCUT2D eigenvalue weighted by molar-refractivity contribution is 0.209. The lowest BCUT2D eigenvalue weighted by atomic mass is 10.2. The molecule has 2 N–H and O–H groups in total. The Morgan fingerprint density at radius 3 is 2.19 bits per heavy atom. The van der Waals surface area contributed by atoms with Crippen LogP contribution < -0.4 is 19.9 Å². The summed E-state index contributed by atoms with van der Waals surface area (Å²) >= 11 is 0. The van der Waals surface area contributed by atoms with Crippen LogP contribution >= 0.6 is 0 Å². The van der Waals surface area contributed by atoms with Crippen molar-refractivity contribution in [1.82, 2.24) is 0 Å². The van der Waals surface area contributed by atoms with E-state index in [4.69, 9.17) is 19.9 Å². The molecule has 2 aromatic rings. The summed E-state index contributed by atoms with van der Waals surface area (Å²) < 4.78 is 29.8. The molecule has 2 rings (SSSR count). The molecule has 4 nitrogen and oxygen atoms in total. The zero-order chi connectivity index (χ0) is 15.1. The zero-order valence-electron chi connectivity index (χ0n) is 11.8. The van der Waals surface area contributed by atoms with Gasteiger partial charge in [-0.15, -0.1) is 0 Å². The minimum absolute atomic E-state index is 0.0926. The van der Waals surface area contributed by atoms with Gasteiger partial charge in [0.05, 0.1) is 7.11 Å². The SMILES string of the molecule is COc1ccccc1OCCOc1cccc(F)c1CN. The lowest BCUT2D eigenvalue weighted by Crippen LogP contribution is -2.12. The summed E-state index contributed by atoms with van der Waals surface area (Å²) in [5.41, 5.74) is 5.89. The molecule has 0 unspecified atom stereocenters. The topological polar surface area (TPSA) is 53.7 Å². The standard InChI is InChI=1S/C16H18FNO3/c1-19-15-6-2-3-7-16(15)21-10-9-20-14-8-4-5-13(17)12(14)11-18/h2-8H,9-11,18H2,1H3. The van der Waals surface area contributed by atoms with Crippen LogP contribution in [0.3, 0.4) is 0 Å². The summed E-state index contributed by atoms with van der Waals surface area (Å²) in [5.74, 6) is 1.38. The van der Waals surface area contributed by atoms with Crippen LogP contribution in [0.1, 0.15) is 5.56 Å². The first-order valence-corrected chi connectivity index (χ1v) is 6.62. The van der Waals surface area contributed by atoms with Gasteiger partial charge in [-0.2, -0.15) is 0 Å². The average molecular weight is 291 g/mol. The normalized spacial score (nSPS) is 10.2. The molecule has 0 heterocycles. The molecule has 0 aliphatic carbocycles. The van der Waals surface area contributed by atoms with Gasteiger partial charge in [0.2, 0.25) is 0 Å². The number of hydrogen-bond acceptors (Lipinski definition) is 4. The summed E-state index contributed by atoms with van der Waals surface area (Å²) in [6, 6.07) is 12.0. The second-order valence-corrected chi connectivity index (χ2v) is 4.27. The van der Waals surface area contributed by atoms with Crippen molar-refractivity contribution in [3.8, 4) is 17.2 Å². The third kappa shape index (κ3) is 3.86. The predicted molar refractivity (Wildman–Crippen MR) is 78.3 cm³/mol. The molecule has 0 atom stereocenters. The van der Waals surface area contributed by atoms with Crippen LogP contribution in [-0.4, -0.2) is 20.3 Å². The maximum atomic E-state index is 13.5. The Kier molecular flexibility index (Phi) is 5.40. The molecular formula is C16H18FNO3. The van der Waals surface area contributed by atoms with E-state index in [9.17, 15) is 4.39 Å². The number of nitrogens with two attached hydrogens (primary N) is 1. The summed E-state index contributed by atoms with van der Waals surface area (Å²) in [5, 5.41) is 0.